The van der Waals surface area contributed by atoms with Crippen LogP contribution in [0.5, 0.6) is 0 Å². The highest BCUT2D eigenvalue weighted by Crippen LogP contribution is 2.28. The number of aromatic carboxylic acids is 1. The Bertz CT molecular complexity index is 529. The molecule has 1 aromatic rings. The van der Waals surface area contributed by atoms with Gasteiger partial charge in [-0.3, -0.25) is 4.90 Å². The van der Waals surface area contributed by atoms with Crippen molar-refractivity contribution in [3.8, 4) is 0 Å². The van der Waals surface area contributed by atoms with E-state index in [9.17, 15) is 14.0 Å². The number of alkyl halides is 1. The summed E-state index contributed by atoms with van der Waals surface area (Å²) >= 11 is 0. The molecule has 6 nitrogen and oxygen atoms in total. The Morgan fingerprint density at radius 3 is 2.64 bits per heavy atom. The number of hydrogen-bond donors (Lipinski definition) is 1. The predicted molar refractivity (Wildman–Crippen MR) is 81.4 cm³/mol. The summed E-state index contributed by atoms with van der Waals surface area (Å²) in [6, 6.07) is 3.03. The highest BCUT2D eigenvalue weighted by molar-refractivity contribution is 5.86. The van der Waals surface area contributed by atoms with Crippen LogP contribution in [0.3, 0.4) is 0 Å². The van der Waals surface area contributed by atoms with Gasteiger partial charge in [0.15, 0.2) is 0 Å². The van der Waals surface area contributed by atoms with Gasteiger partial charge in [-0.05, 0) is 11.6 Å². The number of carbonyl (C=O) groups is 2. The number of halogens is 3. The van der Waals surface area contributed by atoms with Crippen molar-refractivity contribution in [2.24, 2.45) is 0 Å². The zero-order valence-corrected chi connectivity index (χ0v) is 13.5. The molecule has 1 unspecified atom stereocenters. The molecule has 9 heteroatoms. The van der Waals surface area contributed by atoms with Crippen molar-refractivity contribution in [1.82, 2.24) is 9.88 Å². The van der Waals surface area contributed by atoms with Gasteiger partial charge in [-0.2, -0.15) is 0 Å². The summed E-state index contributed by atoms with van der Waals surface area (Å²) in [6.07, 6.45) is 1.54. The zero-order valence-electron chi connectivity index (χ0n) is 11.8. The lowest BCUT2D eigenvalue weighted by molar-refractivity contribution is -0.153. The van der Waals surface area contributed by atoms with E-state index in [1.807, 2.05) is 0 Å². The lowest BCUT2D eigenvalue weighted by atomic mass is 10.1. The third-order valence-electron chi connectivity index (χ3n) is 3.30. The number of pyridine rings is 1. The molecule has 2 heterocycles. The molecule has 0 aromatic carbocycles. The molecule has 1 N–H and O–H groups in total. The van der Waals surface area contributed by atoms with Crippen LogP contribution in [0.4, 0.5) is 4.39 Å². The monoisotopic (exact) mass is 354 g/mol. The van der Waals surface area contributed by atoms with E-state index in [1.54, 1.807) is 11.0 Å². The summed E-state index contributed by atoms with van der Waals surface area (Å²) in [6.45, 7) is 0.822. The molecule has 0 bridgehead atoms. The van der Waals surface area contributed by atoms with Crippen molar-refractivity contribution in [3.05, 3.63) is 29.6 Å². The topological polar surface area (TPSA) is 79.7 Å². The smallest absolute Gasteiger partial charge is 0.354 e. The molecular formula is C13H17Cl2FN2O4. The second-order valence-corrected chi connectivity index (χ2v) is 4.77. The minimum Gasteiger partial charge on any atom is -0.477 e. The molecule has 22 heavy (non-hydrogen) atoms. The van der Waals surface area contributed by atoms with Crippen molar-refractivity contribution in [2.75, 3.05) is 20.2 Å². The molecular weight excluding hydrogens is 338 g/mol. The second kappa shape index (κ2) is 8.26. The Hall–Kier alpha value is -1.44. The second-order valence-electron chi connectivity index (χ2n) is 4.77. The third kappa shape index (κ3) is 4.53. The summed E-state index contributed by atoms with van der Waals surface area (Å²) in [5, 5.41) is 8.74. The number of nitrogens with zero attached hydrogens (tertiary/aromatic N) is 2. The molecule has 124 valence electrons. The molecule has 1 aromatic heterocycles. The maximum Gasteiger partial charge on any atom is 0.354 e. The van der Waals surface area contributed by atoms with Gasteiger partial charge in [0.2, 0.25) is 5.67 Å². The number of aromatic nitrogens is 1. The Morgan fingerprint density at radius 1 is 1.45 bits per heavy atom. The van der Waals surface area contributed by atoms with Gasteiger partial charge < -0.3 is 9.84 Å². The van der Waals surface area contributed by atoms with Gasteiger partial charge >= 0.3 is 11.9 Å². The molecule has 1 fully saturated rings. The fraction of sp³-hybridized carbons (Fsp3) is 0.462. The first kappa shape index (κ1) is 20.6. The molecule has 2 rings (SSSR count). The lowest BCUT2D eigenvalue weighted by Gasteiger charge is -2.18. The molecule has 0 spiro atoms. The molecule has 1 saturated heterocycles. The van der Waals surface area contributed by atoms with E-state index in [0.717, 1.165) is 5.56 Å². The van der Waals surface area contributed by atoms with Gasteiger partial charge in [0.25, 0.3) is 0 Å². The molecule has 0 radical (unpaired) electrons. The number of carbonyl (C=O) groups excluding carboxylic acids is 1. The van der Waals surface area contributed by atoms with Crippen molar-refractivity contribution in [2.45, 2.75) is 18.6 Å². The van der Waals surface area contributed by atoms with Gasteiger partial charge in [-0.1, -0.05) is 6.07 Å². The van der Waals surface area contributed by atoms with Crippen molar-refractivity contribution in [3.63, 3.8) is 0 Å². The third-order valence-corrected chi connectivity index (χ3v) is 3.30. The van der Waals surface area contributed by atoms with E-state index >= 15 is 0 Å². The standard InChI is InChI=1S/C13H15FN2O4.2ClH/c1-20-12(19)13(14)4-5-16(8-13)7-9-2-3-10(11(17)18)15-6-9;;/h2-3,6H,4-5,7-8H2,1H3,(H,17,18);2*1H. The van der Waals surface area contributed by atoms with Crippen LogP contribution in [-0.2, 0) is 16.1 Å². The number of likely N-dealkylation sites (tertiary alicyclic amines) is 1. The Balaban J connectivity index is 0.00000220. The van der Waals surface area contributed by atoms with Crippen LogP contribution in [0.25, 0.3) is 0 Å². The average molecular weight is 355 g/mol. The summed E-state index contributed by atoms with van der Waals surface area (Å²) < 4.78 is 18.7. The quantitative estimate of drug-likeness (QED) is 0.829. The first-order valence-electron chi connectivity index (χ1n) is 6.12. The van der Waals surface area contributed by atoms with E-state index in [1.165, 1.54) is 19.4 Å². The van der Waals surface area contributed by atoms with Crippen LogP contribution in [0.2, 0.25) is 0 Å². The summed E-state index contributed by atoms with van der Waals surface area (Å²) in [4.78, 5) is 27.6. The SMILES string of the molecule is COC(=O)C1(F)CCN(Cc2ccc(C(=O)O)nc2)C1.Cl.Cl. The van der Waals surface area contributed by atoms with Crippen LogP contribution >= 0.6 is 24.8 Å². The van der Waals surface area contributed by atoms with Crippen LogP contribution in [0.1, 0.15) is 22.5 Å². The number of ether oxygens (including phenoxy) is 1. The minimum atomic E-state index is -1.96. The van der Waals surface area contributed by atoms with Crippen molar-refractivity contribution < 1.29 is 23.8 Å². The first-order chi connectivity index (χ1) is 9.44. The highest BCUT2D eigenvalue weighted by atomic mass is 35.5. The van der Waals surface area contributed by atoms with E-state index in [4.69, 9.17) is 5.11 Å². The van der Waals surface area contributed by atoms with Gasteiger partial charge in [0.1, 0.15) is 5.69 Å². The number of esters is 1. The van der Waals surface area contributed by atoms with Crippen LogP contribution < -0.4 is 0 Å². The first-order valence-corrected chi connectivity index (χ1v) is 6.12. The molecule has 1 atom stereocenters. The number of methoxy groups -OCH3 is 1. The van der Waals surface area contributed by atoms with Crippen LogP contribution in [-0.4, -0.2) is 52.8 Å². The summed E-state index contributed by atoms with van der Waals surface area (Å²) in [5.41, 5.74) is -1.22. The normalized spacial score (nSPS) is 20.6. The highest BCUT2D eigenvalue weighted by Gasteiger charge is 2.46. The Kier molecular flexibility index (Phi) is 7.72. The van der Waals surface area contributed by atoms with Gasteiger partial charge in [0.05, 0.1) is 7.11 Å². The maximum atomic E-state index is 14.2. The fourth-order valence-electron chi connectivity index (χ4n) is 2.24. The van der Waals surface area contributed by atoms with E-state index in [-0.39, 0.29) is 43.5 Å². The number of carboxylic acids is 1. The van der Waals surface area contributed by atoms with Crippen LogP contribution in [0.15, 0.2) is 18.3 Å². The fourth-order valence-corrected chi connectivity index (χ4v) is 2.24. The van der Waals surface area contributed by atoms with Crippen molar-refractivity contribution in [1.29, 1.82) is 0 Å². The number of rotatable bonds is 4. The average Bonchev–Trinajstić information content (AvgIpc) is 2.81. The summed E-state index contributed by atoms with van der Waals surface area (Å²) in [7, 11) is 1.17. The minimum absolute atomic E-state index is 0. The molecule has 1 aliphatic heterocycles. The molecule has 0 saturated carbocycles. The molecule has 0 aliphatic carbocycles. The maximum absolute atomic E-state index is 14.2. The summed E-state index contributed by atoms with van der Waals surface area (Å²) in [5.74, 6) is -1.94. The van der Waals surface area contributed by atoms with Gasteiger partial charge in [-0.15, -0.1) is 24.8 Å². The number of carboxylic acid groups (broad SMARTS) is 1. The predicted octanol–water partition coefficient (Wildman–Crippen LogP) is 1.71. The Morgan fingerprint density at radius 2 is 2.14 bits per heavy atom. The largest absolute Gasteiger partial charge is 0.477 e. The van der Waals surface area contributed by atoms with Gasteiger partial charge in [-0.25, -0.2) is 19.0 Å². The molecule has 1 aliphatic rings. The Labute approximate surface area is 139 Å². The molecule has 0 amide bonds. The number of hydrogen-bond acceptors (Lipinski definition) is 5. The van der Waals surface area contributed by atoms with Crippen LogP contribution in [0, 0.1) is 0 Å². The van der Waals surface area contributed by atoms with E-state index in [0.29, 0.717) is 13.1 Å². The van der Waals surface area contributed by atoms with Gasteiger partial charge in [0, 0.05) is 32.3 Å². The van der Waals surface area contributed by atoms with E-state index in [2.05, 4.69) is 9.72 Å². The zero-order chi connectivity index (χ0) is 14.8. The lowest BCUT2D eigenvalue weighted by Crippen LogP contribution is -2.38. The van der Waals surface area contributed by atoms with E-state index < -0.39 is 17.6 Å². The van der Waals surface area contributed by atoms with Crippen molar-refractivity contribution >= 4 is 36.8 Å².